The predicted molar refractivity (Wildman–Crippen MR) is 89.0 cm³/mol. The van der Waals surface area contributed by atoms with Gasteiger partial charge in [0.05, 0.1) is 5.69 Å². The van der Waals surface area contributed by atoms with E-state index in [-0.39, 0.29) is 5.41 Å². The quantitative estimate of drug-likeness (QED) is 0.800. The standard InChI is InChI=1S/C17H31N3O/c1-7-20(8-2)9-10-21-16-12-14(13-18-6)11-15(19-16)17(3,4)5/h11-12,18H,7-10,13H2,1-6H3. The van der Waals surface area contributed by atoms with Crippen molar-refractivity contribution >= 4 is 0 Å². The molecular formula is C17H31N3O. The van der Waals surface area contributed by atoms with Crippen molar-refractivity contribution in [2.24, 2.45) is 0 Å². The van der Waals surface area contributed by atoms with Gasteiger partial charge in [-0.05, 0) is 31.8 Å². The Morgan fingerprint density at radius 3 is 2.38 bits per heavy atom. The van der Waals surface area contributed by atoms with E-state index in [1.54, 1.807) is 0 Å². The number of pyridine rings is 1. The summed E-state index contributed by atoms with van der Waals surface area (Å²) in [4.78, 5) is 7.02. The molecule has 0 aliphatic carbocycles. The molecular weight excluding hydrogens is 262 g/mol. The van der Waals surface area contributed by atoms with Crippen molar-refractivity contribution in [3.8, 4) is 5.88 Å². The summed E-state index contributed by atoms with van der Waals surface area (Å²) in [5, 5.41) is 3.19. The lowest BCUT2D eigenvalue weighted by Gasteiger charge is -2.21. The first-order valence-corrected chi connectivity index (χ1v) is 7.91. The second-order valence-electron chi connectivity index (χ2n) is 6.35. The summed E-state index contributed by atoms with van der Waals surface area (Å²) >= 11 is 0. The van der Waals surface area contributed by atoms with Crippen LogP contribution in [0.5, 0.6) is 5.88 Å². The first kappa shape index (κ1) is 17.9. The maximum Gasteiger partial charge on any atom is 0.213 e. The van der Waals surface area contributed by atoms with Crippen molar-refractivity contribution in [3.63, 3.8) is 0 Å². The monoisotopic (exact) mass is 293 g/mol. The van der Waals surface area contributed by atoms with E-state index < -0.39 is 0 Å². The Hall–Kier alpha value is -1.13. The van der Waals surface area contributed by atoms with Crippen LogP contribution in [0.3, 0.4) is 0 Å². The van der Waals surface area contributed by atoms with Crippen LogP contribution in [0.2, 0.25) is 0 Å². The van der Waals surface area contributed by atoms with E-state index in [0.29, 0.717) is 6.61 Å². The third-order valence-corrected chi connectivity index (χ3v) is 3.56. The summed E-state index contributed by atoms with van der Waals surface area (Å²) in [6.07, 6.45) is 0. The molecule has 4 nitrogen and oxygen atoms in total. The molecule has 1 heterocycles. The van der Waals surface area contributed by atoms with Crippen molar-refractivity contribution in [3.05, 3.63) is 23.4 Å². The predicted octanol–water partition coefficient (Wildman–Crippen LogP) is 2.82. The molecule has 1 aromatic rings. The molecule has 0 bridgehead atoms. The molecule has 1 N–H and O–H groups in total. The fourth-order valence-corrected chi connectivity index (χ4v) is 2.14. The summed E-state index contributed by atoms with van der Waals surface area (Å²) in [6.45, 7) is 15.4. The lowest BCUT2D eigenvalue weighted by molar-refractivity contribution is 0.217. The number of hydrogen-bond acceptors (Lipinski definition) is 4. The molecule has 0 aromatic carbocycles. The number of nitrogens with zero attached hydrogens (tertiary/aromatic N) is 2. The smallest absolute Gasteiger partial charge is 0.213 e. The summed E-state index contributed by atoms with van der Waals surface area (Å²) in [5.74, 6) is 0.736. The molecule has 0 unspecified atom stereocenters. The Kier molecular flexibility index (Phi) is 7.12. The van der Waals surface area contributed by atoms with Crippen LogP contribution in [0.25, 0.3) is 0 Å². The van der Waals surface area contributed by atoms with Gasteiger partial charge in [0.25, 0.3) is 0 Å². The molecule has 0 saturated carbocycles. The van der Waals surface area contributed by atoms with Crippen LogP contribution < -0.4 is 10.1 Å². The molecule has 0 aliphatic rings. The van der Waals surface area contributed by atoms with E-state index in [2.05, 4.69) is 55.9 Å². The van der Waals surface area contributed by atoms with Crippen molar-refractivity contribution < 1.29 is 4.74 Å². The number of ether oxygens (including phenoxy) is 1. The molecule has 0 amide bonds. The molecule has 0 atom stereocenters. The topological polar surface area (TPSA) is 37.4 Å². The van der Waals surface area contributed by atoms with E-state index in [4.69, 9.17) is 4.74 Å². The Labute approximate surface area is 129 Å². The van der Waals surface area contributed by atoms with Crippen molar-refractivity contribution in [2.45, 2.75) is 46.6 Å². The van der Waals surface area contributed by atoms with Gasteiger partial charge < -0.3 is 15.0 Å². The molecule has 21 heavy (non-hydrogen) atoms. The highest BCUT2D eigenvalue weighted by atomic mass is 16.5. The van der Waals surface area contributed by atoms with Crippen LogP contribution in [0, 0.1) is 0 Å². The highest BCUT2D eigenvalue weighted by Gasteiger charge is 2.17. The summed E-state index contributed by atoms with van der Waals surface area (Å²) in [7, 11) is 1.96. The minimum absolute atomic E-state index is 0.0285. The SMILES string of the molecule is CCN(CC)CCOc1cc(CNC)cc(C(C)(C)C)n1. The maximum absolute atomic E-state index is 5.88. The minimum Gasteiger partial charge on any atom is -0.476 e. The van der Waals surface area contributed by atoms with Gasteiger partial charge >= 0.3 is 0 Å². The first-order chi connectivity index (χ1) is 9.90. The molecule has 4 heteroatoms. The average molecular weight is 293 g/mol. The maximum atomic E-state index is 5.88. The van der Waals surface area contributed by atoms with Crippen molar-refractivity contribution in [1.82, 2.24) is 15.2 Å². The molecule has 0 fully saturated rings. The van der Waals surface area contributed by atoms with Crippen LogP contribution in [0.15, 0.2) is 12.1 Å². The Morgan fingerprint density at radius 2 is 1.86 bits per heavy atom. The van der Waals surface area contributed by atoms with Gasteiger partial charge in [0, 0.05) is 24.6 Å². The molecule has 1 rings (SSSR count). The highest BCUT2D eigenvalue weighted by Crippen LogP contribution is 2.24. The zero-order valence-corrected chi connectivity index (χ0v) is 14.5. The van der Waals surface area contributed by atoms with E-state index in [0.717, 1.165) is 37.8 Å². The van der Waals surface area contributed by atoms with Crippen molar-refractivity contribution in [2.75, 3.05) is 33.3 Å². The van der Waals surface area contributed by atoms with Crippen LogP contribution in [-0.2, 0) is 12.0 Å². The molecule has 0 aliphatic heterocycles. The van der Waals surface area contributed by atoms with Gasteiger partial charge in [-0.15, -0.1) is 0 Å². The number of hydrogen-bond donors (Lipinski definition) is 1. The summed E-state index contributed by atoms with van der Waals surface area (Å²) in [5.41, 5.74) is 2.32. The highest BCUT2D eigenvalue weighted by molar-refractivity contribution is 5.28. The lowest BCUT2D eigenvalue weighted by Crippen LogP contribution is -2.28. The third kappa shape index (κ3) is 6.02. The summed E-state index contributed by atoms with van der Waals surface area (Å²) < 4.78 is 5.88. The minimum atomic E-state index is 0.0285. The van der Waals surface area contributed by atoms with E-state index in [9.17, 15) is 0 Å². The van der Waals surface area contributed by atoms with Crippen LogP contribution in [0.1, 0.15) is 45.9 Å². The number of nitrogens with one attached hydrogen (secondary N) is 1. The zero-order valence-electron chi connectivity index (χ0n) is 14.5. The first-order valence-electron chi connectivity index (χ1n) is 7.91. The van der Waals surface area contributed by atoms with Gasteiger partial charge in [0.15, 0.2) is 0 Å². The third-order valence-electron chi connectivity index (χ3n) is 3.56. The molecule has 0 spiro atoms. The fraction of sp³-hybridized carbons (Fsp3) is 0.706. The van der Waals surface area contributed by atoms with Crippen LogP contribution in [0.4, 0.5) is 0 Å². The van der Waals surface area contributed by atoms with Gasteiger partial charge in [-0.25, -0.2) is 4.98 Å². The molecule has 120 valence electrons. The molecule has 0 saturated heterocycles. The van der Waals surface area contributed by atoms with Gasteiger partial charge in [-0.2, -0.15) is 0 Å². The fourth-order valence-electron chi connectivity index (χ4n) is 2.14. The van der Waals surface area contributed by atoms with E-state index in [1.165, 1.54) is 5.56 Å². The number of aromatic nitrogens is 1. The van der Waals surface area contributed by atoms with Gasteiger partial charge in [0.1, 0.15) is 6.61 Å². The average Bonchev–Trinajstić information content (AvgIpc) is 2.43. The Bertz CT molecular complexity index is 423. The molecule has 1 aromatic heterocycles. The Balaban J connectivity index is 2.78. The van der Waals surface area contributed by atoms with Crippen LogP contribution in [-0.4, -0.2) is 43.2 Å². The summed E-state index contributed by atoms with van der Waals surface area (Å²) in [6, 6.07) is 4.20. The largest absolute Gasteiger partial charge is 0.476 e. The molecule has 0 radical (unpaired) electrons. The van der Waals surface area contributed by atoms with Gasteiger partial charge in [-0.3, -0.25) is 0 Å². The lowest BCUT2D eigenvalue weighted by atomic mass is 9.91. The van der Waals surface area contributed by atoms with Crippen molar-refractivity contribution in [1.29, 1.82) is 0 Å². The number of likely N-dealkylation sites (N-methyl/N-ethyl adjacent to an activating group) is 1. The van der Waals surface area contributed by atoms with E-state index in [1.807, 2.05) is 13.1 Å². The van der Waals surface area contributed by atoms with E-state index >= 15 is 0 Å². The van der Waals surface area contributed by atoms with Gasteiger partial charge in [0.2, 0.25) is 5.88 Å². The second-order valence-corrected chi connectivity index (χ2v) is 6.35. The number of rotatable bonds is 8. The van der Waals surface area contributed by atoms with Gasteiger partial charge in [-0.1, -0.05) is 34.6 Å². The normalized spacial score (nSPS) is 12.0. The zero-order chi connectivity index (χ0) is 15.9. The Morgan fingerprint density at radius 1 is 1.19 bits per heavy atom. The second kappa shape index (κ2) is 8.35. The van der Waals surface area contributed by atoms with Crippen LogP contribution >= 0.6 is 0 Å².